The number of piperidine rings is 1. The van der Waals surface area contributed by atoms with E-state index < -0.39 is 6.10 Å². The zero-order chi connectivity index (χ0) is 25.9. The van der Waals surface area contributed by atoms with Gasteiger partial charge in [-0.15, -0.1) is 10.2 Å². The zero-order valence-electron chi connectivity index (χ0n) is 21.1. The Morgan fingerprint density at radius 1 is 1.05 bits per heavy atom. The summed E-state index contributed by atoms with van der Waals surface area (Å²) in [6.07, 6.45) is 1.21. The molecule has 1 unspecified atom stereocenters. The smallest absolute Gasteiger partial charge is 0.283 e. The third-order valence-corrected chi connectivity index (χ3v) is 6.88. The maximum atomic E-state index is 10.7. The Bertz CT molecular complexity index is 1340. The Hall–Kier alpha value is -3.27. The first-order valence-electron chi connectivity index (χ1n) is 12.2. The molecular formula is C27H30ClN3O6. The number of furan rings is 1. The van der Waals surface area contributed by atoms with Crippen molar-refractivity contribution in [2.75, 3.05) is 40.5 Å². The van der Waals surface area contributed by atoms with Crippen LogP contribution in [0.15, 0.2) is 45.2 Å². The minimum Gasteiger partial charge on any atom is -0.496 e. The van der Waals surface area contributed by atoms with Crippen molar-refractivity contribution < 1.29 is 28.2 Å². The number of aliphatic hydroxyl groups is 1. The average Bonchev–Trinajstić information content (AvgIpc) is 3.54. The van der Waals surface area contributed by atoms with Gasteiger partial charge in [0, 0.05) is 30.1 Å². The summed E-state index contributed by atoms with van der Waals surface area (Å²) >= 11 is 6.21. The number of aliphatic hydroxyl groups excluding tert-OH is 1. The van der Waals surface area contributed by atoms with E-state index in [1.54, 1.807) is 21.1 Å². The van der Waals surface area contributed by atoms with Gasteiger partial charge in [-0.05, 0) is 56.1 Å². The molecule has 2 aromatic heterocycles. The highest BCUT2D eigenvalue weighted by molar-refractivity contribution is 6.30. The van der Waals surface area contributed by atoms with Crippen LogP contribution in [0.3, 0.4) is 0 Å². The molecule has 37 heavy (non-hydrogen) atoms. The number of benzene rings is 2. The molecule has 196 valence electrons. The standard InChI is InChI=1S/C27H30ClN3O6/c1-16-29-30-27(36-16)25-13-20-21(5-4-6-22(20)37-25)35-15-19(32)14-31-9-7-17(8-10-31)26-23(33-2)11-18(28)12-24(26)34-3/h4-6,11-13,17,19,32H,7-10,14-15H2,1-3H3. The Morgan fingerprint density at radius 3 is 2.43 bits per heavy atom. The van der Waals surface area contributed by atoms with Crippen molar-refractivity contribution in [3.63, 3.8) is 0 Å². The number of hydrogen-bond donors (Lipinski definition) is 1. The Labute approximate surface area is 219 Å². The van der Waals surface area contributed by atoms with Gasteiger partial charge in [-0.25, -0.2) is 0 Å². The number of β-amino-alcohol motifs (C(OH)–C–C–N with tert-alkyl or cyclic N) is 1. The van der Waals surface area contributed by atoms with Gasteiger partial charge >= 0.3 is 0 Å². The molecule has 0 radical (unpaired) electrons. The number of aromatic nitrogens is 2. The van der Waals surface area contributed by atoms with E-state index in [2.05, 4.69) is 15.1 Å². The number of fused-ring (bicyclic) bond motifs is 1. The number of hydrogen-bond acceptors (Lipinski definition) is 9. The van der Waals surface area contributed by atoms with Crippen molar-refractivity contribution in [2.24, 2.45) is 0 Å². The Balaban J connectivity index is 1.18. The van der Waals surface area contributed by atoms with E-state index in [0.717, 1.165) is 48.4 Å². The predicted molar refractivity (Wildman–Crippen MR) is 139 cm³/mol. The highest BCUT2D eigenvalue weighted by atomic mass is 35.5. The van der Waals surface area contributed by atoms with Crippen molar-refractivity contribution >= 4 is 22.6 Å². The lowest BCUT2D eigenvalue weighted by atomic mass is 9.88. The van der Waals surface area contributed by atoms with E-state index in [4.69, 9.17) is 34.6 Å². The second-order valence-corrected chi connectivity index (χ2v) is 9.60. The summed E-state index contributed by atoms with van der Waals surface area (Å²) in [6.45, 7) is 4.11. The van der Waals surface area contributed by atoms with Gasteiger partial charge < -0.3 is 33.1 Å². The summed E-state index contributed by atoms with van der Waals surface area (Å²) in [5.74, 6) is 3.68. The summed E-state index contributed by atoms with van der Waals surface area (Å²) in [5, 5.41) is 20.0. The molecule has 0 amide bonds. The molecule has 10 heteroatoms. The molecule has 3 heterocycles. The van der Waals surface area contributed by atoms with Crippen molar-refractivity contribution in [3.05, 3.63) is 52.9 Å². The van der Waals surface area contributed by atoms with Gasteiger partial charge in [-0.3, -0.25) is 0 Å². The Kier molecular flexibility index (Phi) is 7.55. The van der Waals surface area contributed by atoms with Crippen molar-refractivity contribution in [1.29, 1.82) is 0 Å². The summed E-state index contributed by atoms with van der Waals surface area (Å²) in [5.41, 5.74) is 1.70. The zero-order valence-corrected chi connectivity index (χ0v) is 21.8. The van der Waals surface area contributed by atoms with Crippen LogP contribution in [0.1, 0.15) is 30.2 Å². The molecule has 0 spiro atoms. The fourth-order valence-electron chi connectivity index (χ4n) is 4.91. The lowest BCUT2D eigenvalue weighted by molar-refractivity contribution is 0.0597. The van der Waals surface area contributed by atoms with E-state index in [9.17, 15) is 5.11 Å². The van der Waals surface area contributed by atoms with E-state index in [1.165, 1.54) is 0 Å². The van der Waals surface area contributed by atoms with E-state index in [-0.39, 0.29) is 6.61 Å². The van der Waals surface area contributed by atoms with Crippen LogP contribution in [0.25, 0.3) is 22.6 Å². The molecule has 0 aliphatic carbocycles. The molecule has 5 rings (SSSR count). The average molecular weight is 528 g/mol. The lowest BCUT2D eigenvalue weighted by Gasteiger charge is -2.34. The number of ether oxygens (including phenoxy) is 3. The molecule has 2 aromatic carbocycles. The van der Waals surface area contributed by atoms with Crippen LogP contribution < -0.4 is 14.2 Å². The van der Waals surface area contributed by atoms with Crippen molar-refractivity contribution in [3.8, 4) is 28.9 Å². The number of rotatable bonds is 9. The summed E-state index contributed by atoms with van der Waals surface area (Å²) in [7, 11) is 3.30. The first-order valence-corrected chi connectivity index (χ1v) is 12.6. The predicted octanol–water partition coefficient (Wildman–Crippen LogP) is 5.08. The first kappa shape index (κ1) is 25.4. The second-order valence-electron chi connectivity index (χ2n) is 9.17. The summed E-state index contributed by atoms with van der Waals surface area (Å²) in [6, 6.07) is 11.0. The lowest BCUT2D eigenvalue weighted by Crippen LogP contribution is -2.40. The maximum absolute atomic E-state index is 10.7. The van der Waals surface area contributed by atoms with Gasteiger partial charge in [0.1, 0.15) is 35.5 Å². The molecular weight excluding hydrogens is 498 g/mol. The highest BCUT2D eigenvalue weighted by Crippen LogP contribution is 2.42. The molecule has 1 fully saturated rings. The third-order valence-electron chi connectivity index (χ3n) is 6.66. The molecule has 1 saturated heterocycles. The fraction of sp³-hybridized carbons (Fsp3) is 0.407. The minimum absolute atomic E-state index is 0.165. The quantitative estimate of drug-likeness (QED) is 0.319. The van der Waals surface area contributed by atoms with Gasteiger partial charge in [-0.2, -0.15) is 0 Å². The third kappa shape index (κ3) is 5.53. The second kappa shape index (κ2) is 11.0. The number of aryl methyl sites for hydroxylation is 1. The summed E-state index contributed by atoms with van der Waals surface area (Å²) in [4.78, 5) is 2.26. The molecule has 9 nitrogen and oxygen atoms in total. The van der Waals surface area contributed by atoms with Crippen LogP contribution in [0.4, 0.5) is 0 Å². The van der Waals surface area contributed by atoms with Gasteiger partial charge in [0.2, 0.25) is 5.89 Å². The van der Waals surface area contributed by atoms with Crippen molar-refractivity contribution in [2.45, 2.75) is 31.8 Å². The topological polar surface area (TPSA) is 103 Å². The SMILES string of the molecule is COc1cc(Cl)cc(OC)c1C1CCN(CC(O)COc2cccc3oc(-c4nnc(C)o4)cc23)CC1. The maximum Gasteiger partial charge on any atom is 0.283 e. The molecule has 1 N–H and O–H groups in total. The van der Waals surface area contributed by atoms with Gasteiger partial charge in [0.15, 0.2) is 5.76 Å². The molecule has 0 saturated carbocycles. The van der Waals surface area contributed by atoms with Gasteiger partial charge in [-0.1, -0.05) is 17.7 Å². The molecule has 1 atom stereocenters. The summed E-state index contributed by atoms with van der Waals surface area (Å²) < 4.78 is 28.5. The molecule has 1 aliphatic heterocycles. The van der Waals surface area contributed by atoms with E-state index >= 15 is 0 Å². The van der Waals surface area contributed by atoms with Crippen LogP contribution in [0, 0.1) is 6.92 Å². The fourth-order valence-corrected chi connectivity index (χ4v) is 5.11. The van der Waals surface area contributed by atoms with Gasteiger partial charge in [0.25, 0.3) is 5.89 Å². The normalized spacial score (nSPS) is 15.7. The van der Waals surface area contributed by atoms with Crippen LogP contribution in [0.5, 0.6) is 17.2 Å². The first-order chi connectivity index (χ1) is 17.9. The monoisotopic (exact) mass is 527 g/mol. The Morgan fingerprint density at radius 2 is 1.78 bits per heavy atom. The number of methoxy groups -OCH3 is 2. The minimum atomic E-state index is -0.642. The largest absolute Gasteiger partial charge is 0.496 e. The number of likely N-dealkylation sites (tertiary alicyclic amines) is 1. The van der Waals surface area contributed by atoms with Crippen LogP contribution in [-0.2, 0) is 0 Å². The van der Waals surface area contributed by atoms with Gasteiger partial charge in [0.05, 0.1) is 19.6 Å². The molecule has 0 bridgehead atoms. The van der Waals surface area contributed by atoms with E-state index in [0.29, 0.717) is 46.4 Å². The van der Waals surface area contributed by atoms with E-state index in [1.807, 2.05) is 36.4 Å². The molecule has 1 aliphatic rings. The van der Waals surface area contributed by atoms with Crippen LogP contribution in [-0.4, -0.2) is 66.8 Å². The number of nitrogens with zero attached hydrogens (tertiary/aromatic N) is 3. The van der Waals surface area contributed by atoms with Crippen LogP contribution in [0.2, 0.25) is 5.02 Å². The van der Waals surface area contributed by atoms with Crippen LogP contribution >= 0.6 is 11.6 Å². The highest BCUT2D eigenvalue weighted by Gasteiger charge is 2.27. The van der Waals surface area contributed by atoms with Crippen molar-refractivity contribution in [1.82, 2.24) is 15.1 Å². The number of halogens is 1. The molecule has 4 aromatic rings.